The number of nitrogens with zero attached hydrogens (tertiary/aromatic N) is 3. The number of amides is 6. The van der Waals surface area contributed by atoms with Crippen molar-refractivity contribution in [1.82, 2.24) is 56.7 Å². The van der Waals surface area contributed by atoms with E-state index < -0.39 is 102 Å². The molecule has 22 nitrogen and oxygen atoms in total. The fourth-order valence-electron chi connectivity index (χ4n) is 9.51. The summed E-state index contributed by atoms with van der Waals surface area (Å²) in [7, 11) is 0. The van der Waals surface area contributed by atoms with Crippen LogP contribution in [0.5, 0.6) is 0 Å². The Morgan fingerprint density at radius 1 is 0.711 bits per heavy atom. The second kappa shape index (κ2) is 28.4. The number of ether oxygens (including phenoxy) is 1. The number of imidazole rings is 2. The van der Waals surface area contributed by atoms with Crippen LogP contribution in [-0.4, -0.2) is 145 Å². The summed E-state index contributed by atoms with van der Waals surface area (Å²) < 4.78 is 6.00. The van der Waals surface area contributed by atoms with Crippen LogP contribution in [0.2, 0.25) is 0 Å². The summed E-state index contributed by atoms with van der Waals surface area (Å²) in [5, 5.41) is 27.6. The monoisotopic (exact) mass is 1050 g/mol. The standard InChI is InChI=1S/C54H74N12O10/c1-5-33(4)47(55)52(73)65-43(24-35-16-10-7-11-17-35)54(75)76-45(27-46(67)68)39(22-32(2)3)61-50(71)41(25-36-28-56-30-59-36)62-49(70)40(23-34-14-8-6-9-15-34)63-51(72)44-19-13-21-66(44)53(74)42(26-37-29-57-31-60-37)64-48(69)38-18-12-20-58-38/h6-11,14-17,28-33,38-45,47,58H,5,12-13,18-27,55H2,1-4H3,(H,56,59)(H,57,60)(H,61,71)(H,62,70)(H,63,72)(H,64,69)(H,65,73)(H,67,68)/t33-,38-,39-,40-,41-,42-,43-,44-,45-,47-/m0/s1. The second-order valence-corrected chi connectivity index (χ2v) is 20.3. The van der Waals surface area contributed by atoms with Gasteiger partial charge in [0.05, 0.1) is 37.2 Å². The lowest BCUT2D eigenvalue weighted by atomic mass is 9.96. The van der Waals surface area contributed by atoms with E-state index in [1.807, 2.05) is 27.7 Å². The summed E-state index contributed by atoms with van der Waals surface area (Å²) >= 11 is 0. The first-order valence-corrected chi connectivity index (χ1v) is 26.2. The van der Waals surface area contributed by atoms with Gasteiger partial charge in [0, 0.05) is 56.0 Å². The predicted molar refractivity (Wildman–Crippen MR) is 279 cm³/mol. The average Bonchev–Trinajstić information content (AvgIpc) is 4.28. The van der Waals surface area contributed by atoms with E-state index in [1.54, 1.807) is 66.9 Å². The second-order valence-electron chi connectivity index (χ2n) is 20.3. The Bertz CT molecular complexity index is 2520. The number of benzene rings is 2. The molecule has 2 aliphatic rings. The van der Waals surface area contributed by atoms with Gasteiger partial charge in [-0.05, 0) is 61.6 Å². The van der Waals surface area contributed by atoms with Crippen molar-refractivity contribution in [3.8, 4) is 0 Å². The Kier molecular flexibility index (Phi) is 21.6. The molecule has 2 fully saturated rings. The van der Waals surface area contributed by atoms with E-state index in [0.29, 0.717) is 48.3 Å². The third-order valence-corrected chi connectivity index (χ3v) is 13.9. The number of rotatable bonds is 28. The van der Waals surface area contributed by atoms with Crippen molar-refractivity contribution in [2.45, 2.75) is 153 Å². The quantitative estimate of drug-likeness (QED) is 0.0360. The molecule has 76 heavy (non-hydrogen) atoms. The molecule has 2 aliphatic heterocycles. The summed E-state index contributed by atoms with van der Waals surface area (Å²) in [5.74, 6) is -6.16. The van der Waals surface area contributed by atoms with Crippen LogP contribution in [0.15, 0.2) is 85.7 Å². The van der Waals surface area contributed by atoms with E-state index in [0.717, 1.165) is 6.42 Å². The maximum Gasteiger partial charge on any atom is 0.329 e. The van der Waals surface area contributed by atoms with E-state index in [1.165, 1.54) is 23.8 Å². The van der Waals surface area contributed by atoms with Gasteiger partial charge < -0.3 is 62.3 Å². The molecule has 2 aromatic carbocycles. The Morgan fingerprint density at radius 2 is 1.28 bits per heavy atom. The van der Waals surface area contributed by atoms with Crippen molar-refractivity contribution < 1.29 is 48.2 Å². The minimum atomic E-state index is -1.45. The normalized spacial score (nSPS) is 18.5. The van der Waals surface area contributed by atoms with Gasteiger partial charge in [0.15, 0.2) is 0 Å². The number of hydrogen-bond acceptors (Lipinski definition) is 13. The molecular weight excluding hydrogens is 977 g/mol. The first kappa shape index (κ1) is 57.8. The van der Waals surface area contributed by atoms with Gasteiger partial charge in [0.1, 0.15) is 36.3 Å². The van der Waals surface area contributed by atoms with Crippen molar-refractivity contribution in [2.75, 3.05) is 13.1 Å². The van der Waals surface area contributed by atoms with Gasteiger partial charge in [-0.15, -0.1) is 0 Å². The molecule has 0 unspecified atom stereocenters. The molecule has 4 aromatic rings. The Morgan fingerprint density at radius 3 is 1.83 bits per heavy atom. The number of aliphatic carboxylic acids is 1. The fraction of sp³-hybridized carbons (Fsp3) is 0.519. The van der Waals surface area contributed by atoms with Crippen LogP contribution in [-0.2, 0) is 68.8 Å². The van der Waals surface area contributed by atoms with E-state index >= 15 is 0 Å². The molecule has 410 valence electrons. The summed E-state index contributed by atoms with van der Waals surface area (Å²) in [6.45, 7) is 8.28. The largest absolute Gasteiger partial charge is 0.481 e. The molecule has 0 spiro atoms. The van der Waals surface area contributed by atoms with Crippen molar-refractivity contribution in [3.63, 3.8) is 0 Å². The van der Waals surface area contributed by atoms with E-state index in [9.17, 15) is 43.5 Å². The molecular formula is C54H74N12O10. The summed E-state index contributed by atoms with van der Waals surface area (Å²) in [5.41, 5.74) is 8.68. The number of H-pyrrole nitrogens is 2. The van der Waals surface area contributed by atoms with Gasteiger partial charge in [-0.25, -0.2) is 14.8 Å². The number of nitrogens with two attached hydrogens (primary N) is 1. The Hall–Kier alpha value is -7.46. The lowest BCUT2D eigenvalue weighted by Gasteiger charge is -2.32. The number of carboxylic acid groups (broad SMARTS) is 1. The number of aromatic amines is 2. The Labute approximate surface area is 442 Å². The average molecular weight is 1050 g/mol. The zero-order chi connectivity index (χ0) is 54.7. The highest BCUT2D eigenvalue weighted by molar-refractivity contribution is 5.96. The van der Waals surface area contributed by atoms with Gasteiger partial charge in [-0.1, -0.05) is 94.8 Å². The molecule has 6 rings (SSSR count). The van der Waals surface area contributed by atoms with Crippen LogP contribution >= 0.6 is 0 Å². The smallest absolute Gasteiger partial charge is 0.329 e. The van der Waals surface area contributed by atoms with Crippen LogP contribution in [0.1, 0.15) is 95.2 Å². The predicted octanol–water partition coefficient (Wildman–Crippen LogP) is 1.38. The number of carbonyl (C=O) groups is 8. The lowest BCUT2D eigenvalue weighted by Crippen LogP contribution is -2.60. The van der Waals surface area contributed by atoms with Gasteiger partial charge in [0.2, 0.25) is 35.4 Å². The van der Waals surface area contributed by atoms with E-state index in [4.69, 9.17) is 10.5 Å². The Balaban J connectivity index is 1.24. The summed E-state index contributed by atoms with van der Waals surface area (Å²) in [6.07, 6.45) is 6.60. The molecule has 22 heteroatoms. The van der Waals surface area contributed by atoms with Crippen LogP contribution in [0.4, 0.5) is 0 Å². The van der Waals surface area contributed by atoms with Crippen LogP contribution < -0.4 is 37.6 Å². The first-order chi connectivity index (χ1) is 36.5. The van der Waals surface area contributed by atoms with Gasteiger partial charge in [-0.3, -0.25) is 33.6 Å². The number of likely N-dealkylation sites (tertiary alicyclic amines) is 1. The van der Waals surface area contributed by atoms with Gasteiger partial charge in [0.25, 0.3) is 0 Å². The number of aromatic nitrogens is 4. The van der Waals surface area contributed by atoms with E-state index in [2.05, 4.69) is 51.8 Å². The minimum Gasteiger partial charge on any atom is -0.481 e. The number of nitrogens with one attached hydrogen (secondary N) is 8. The number of esters is 1. The maximum absolute atomic E-state index is 14.7. The molecule has 0 bridgehead atoms. The lowest BCUT2D eigenvalue weighted by molar-refractivity contribution is -0.159. The molecule has 6 amide bonds. The minimum absolute atomic E-state index is 0.00326. The molecule has 2 saturated heterocycles. The number of carbonyl (C=O) groups excluding carboxylic acids is 7. The van der Waals surface area contributed by atoms with Crippen molar-refractivity contribution >= 4 is 47.4 Å². The zero-order valence-electron chi connectivity index (χ0n) is 43.7. The molecule has 0 radical (unpaired) electrons. The number of hydrogen-bond donors (Lipinski definition) is 10. The van der Waals surface area contributed by atoms with Crippen LogP contribution in [0, 0.1) is 11.8 Å². The van der Waals surface area contributed by atoms with Crippen LogP contribution in [0.25, 0.3) is 0 Å². The first-order valence-electron chi connectivity index (χ1n) is 26.2. The van der Waals surface area contributed by atoms with Crippen molar-refractivity contribution in [3.05, 3.63) is 108 Å². The van der Waals surface area contributed by atoms with Crippen molar-refractivity contribution in [2.24, 2.45) is 17.6 Å². The van der Waals surface area contributed by atoms with Crippen LogP contribution in [0.3, 0.4) is 0 Å². The highest BCUT2D eigenvalue weighted by Gasteiger charge is 2.41. The highest BCUT2D eigenvalue weighted by atomic mass is 16.5. The topological polar surface area (TPSA) is 325 Å². The van der Waals surface area contributed by atoms with Crippen molar-refractivity contribution in [1.29, 1.82) is 0 Å². The molecule has 0 saturated carbocycles. The fourth-order valence-corrected chi connectivity index (χ4v) is 9.51. The molecule has 4 heterocycles. The van der Waals surface area contributed by atoms with Gasteiger partial charge in [-0.2, -0.15) is 0 Å². The molecule has 2 aromatic heterocycles. The number of carboxylic acids is 1. The summed E-state index contributed by atoms with van der Waals surface area (Å²) in [6, 6.07) is 9.33. The van der Waals surface area contributed by atoms with Gasteiger partial charge >= 0.3 is 11.9 Å². The van der Waals surface area contributed by atoms with E-state index in [-0.39, 0.29) is 62.8 Å². The highest BCUT2D eigenvalue weighted by Crippen LogP contribution is 2.22. The third kappa shape index (κ3) is 17.0. The SMILES string of the molecule is CC[C@H](C)[C@H](N)C(=O)N[C@@H](Cc1ccccc1)C(=O)O[C@@H](CC(=O)O)[C@H](CC(C)C)NC(=O)[C@H](Cc1cnc[nH]1)NC(=O)[C@H](Cc1ccccc1)NC(=O)[C@@H]1CCCN1C(=O)[C@H](Cc1cnc[nH]1)NC(=O)[C@@H]1CCCN1. The zero-order valence-corrected chi connectivity index (χ0v) is 43.7. The third-order valence-electron chi connectivity index (χ3n) is 13.9. The maximum atomic E-state index is 14.7. The molecule has 0 aliphatic carbocycles. The molecule has 11 N–H and O–H groups in total. The molecule has 10 atom stereocenters. The summed E-state index contributed by atoms with van der Waals surface area (Å²) in [4.78, 5) is 127.